The van der Waals surface area contributed by atoms with Gasteiger partial charge in [-0.05, 0) is 31.2 Å². The lowest BCUT2D eigenvalue weighted by atomic mass is 9.85. The van der Waals surface area contributed by atoms with Gasteiger partial charge in [0.2, 0.25) is 5.91 Å². The Labute approximate surface area is 136 Å². The molecule has 3 rings (SSSR count). The number of carbonyl (C=O) groups is 2. The van der Waals surface area contributed by atoms with Gasteiger partial charge in [0.05, 0.1) is 18.4 Å². The summed E-state index contributed by atoms with van der Waals surface area (Å²) in [5, 5.41) is 9.23. The molecule has 1 aliphatic carbocycles. The van der Waals surface area contributed by atoms with Gasteiger partial charge in [-0.2, -0.15) is 0 Å². The summed E-state index contributed by atoms with van der Waals surface area (Å²) in [5.74, 6) is -0.237. The number of rotatable bonds is 4. The van der Waals surface area contributed by atoms with Crippen LogP contribution in [0.1, 0.15) is 31.7 Å². The first-order valence-electron chi connectivity index (χ1n) is 8.15. The summed E-state index contributed by atoms with van der Waals surface area (Å²) in [6.07, 6.45) is 2.20. The highest BCUT2D eigenvalue weighted by molar-refractivity contribution is 5.92. The molecule has 1 aromatic carbocycles. The van der Waals surface area contributed by atoms with E-state index in [-0.39, 0.29) is 17.7 Å². The summed E-state index contributed by atoms with van der Waals surface area (Å²) in [6, 6.07) is 7.70. The zero-order valence-electron chi connectivity index (χ0n) is 13.6. The molecule has 1 heterocycles. The number of amides is 1. The van der Waals surface area contributed by atoms with Gasteiger partial charge in [0, 0.05) is 18.7 Å². The van der Waals surface area contributed by atoms with Crippen LogP contribution >= 0.6 is 0 Å². The number of carboxylic acids is 1. The lowest BCUT2D eigenvalue weighted by Gasteiger charge is -2.37. The highest BCUT2D eigenvalue weighted by Gasteiger charge is 2.55. The molecule has 0 radical (unpaired) electrons. The minimum Gasteiger partial charge on any atom is -0.496 e. The Bertz CT molecular complexity index is 623. The molecule has 2 fully saturated rings. The number of hydrogen-bond donors (Lipinski definition) is 1. The van der Waals surface area contributed by atoms with E-state index in [1.807, 2.05) is 36.1 Å². The largest absolute Gasteiger partial charge is 0.496 e. The number of piperidine rings is 1. The lowest BCUT2D eigenvalue weighted by Crippen LogP contribution is -2.48. The van der Waals surface area contributed by atoms with Crippen LogP contribution in [-0.2, 0) is 15.0 Å². The normalized spacial score (nSPS) is 25.7. The molecule has 23 heavy (non-hydrogen) atoms. The van der Waals surface area contributed by atoms with Crippen molar-refractivity contribution < 1.29 is 19.4 Å². The van der Waals surface area contributed by atoms with E-state index in [1.165, 1.54) is 0 Å². The molecule has 1 amide bonds. The maximum atomic E-state index is 13.1. The van der Waals surface area contributed by atoms with E-state index in [0.717, 1.165) is 24.2 Å². The number of para-hydroxylation sites is 1. The van der Waals surface area contributed by atoms with Crippen LogP contribution in [0, 0.1) is 11.8 Å². The number of carbonyl (C=O) groups excluding carboxylic acids is 1. The van der Waals surface area contributed by atoms with Crippen LogP contribution in [0.4, 0.5) is 0 Å². The van der Waals surface area contributed by atoms with Gasteiger partial charge in [0.15, 0.2) is 0 Å². The summed E-state index contributed by atoms with van der Waals surface area (Å²) in [5.41, 5.74) is 0.489. The van der Waals surface area contributed by atoms with Crippen molar-refractivity contribution in [3.63, 3.8) is 0 Å². The molecule has 0 aromatic heterocycles. The van der Waals surface area contributed by atoms with E-state index in [9.17, 15) is 14.7 Å². The van der Waals surface area contributed by atoms with Crippen LogP contribution in [0.3, 0.4) is 0 Å². The minimum absolute atomic E-state index is 0.0151. The Balaban J connectivity index is 1.80. The quantitative estimate of drug-likeness (QED) is 0.925. The number of hydrogen-bond acceptors (Lipinski definition) is 3. The molecular formula is C18H23NO4. The van der Waals surface area contributed by atoms with Crippen molar-refractivity contribution in [2.24, 2.45) is 11.8 Å². The molecule has 124 valence electrons. The van der Waals surface area contributed by atoms with Crippen molar-refractivity contribution >= 4 is 11.9 Å². The van der Waals surface area contributed by atoms with Gasteiger partial charge >= 0.3 is 5.97 Å². The van der Waals surface area contributed by atoms with Crippen LogP contribution in [-0.4, -0.2) is 42.1 Å². The Morgan fingerprint density at radius 2 is 2.00 bits per heavy atom. The number of carboxylic acid groups (broad SMARTS) is 1. The van der Waals surface area contributed by atoms with E-state index in [4.69, 9.17) is 4.74 Å². The van der Waals surface area contributed by atoms with Crippen molar-refractivity contribution in [3.05, 3.63) is 29.8 Å². The first-order chi connectivity index (χ1) is 11.0. The molecular weight excluding hydrogens is 294 g/mol. The molecule has 1 N–H and O–H groups in total. The topological polar surface area (TPSA) is 66.8 Å². The minimum atomic E-state index is -0.754. The second kappa shape index (κ2) is 5.87. The van der Waals surface area contributed by atoms with Crippen LogP contribution in [0.5, 0.6) is 5.75 Å². The number of aliphatic carboxylic acids is 1. The van der Waals surface area contributed by atoms with E-state index < -0.39 is 11.4 Å². The zero-order valence-corrected chi connectivity index (χ0v) is 13.6. The monoisotopic (exact) mass is 317 g/mol. The number of ether oxygens (including phenoxy) is 1. The summed E-state index contributed by atoms with van der Waals surface area (Å²) in [4.78, 5) is 26.2. The Morgan fingerprint density at radius 1 is 1.30 bits per heavy atom. The molecule has 1 aromatic rings. The van der Waals surface area contributed by atoms with Gasteiger partial charge in [-0.25, -0.2) is 0 Å². The predicted molar refractivity (Wildman–Crippen MR) is 85.4 cm³/mol. The fraction of sp³-hybridized carbons (Fsp3) is 0.556. The van der Waals surface area contributed by atoms with E-state index in [1.54, 1.807) is 7.11 Å². The van der Waals surface area contributed by atoms with Crippen molar-refractivity contribution in [1.29, 1.82) is 0 Å². The maximum Gasteiger partial charge on any atom is 0.306 e. The molecule has 1 aliphatic heterocycles. The molecule has 1 saturated heterocycles. The highest BCUT2D eigenvalue weighted by Crippen LogP contribution is 2.52. The van der Waals surface area contributed by atoms with Gasteiger partial charge in [0.25, 0.3) is 0 Å². The van der Waals surface area contributed by atoms with Crippen LogP contribution in [0.25, 0.3) is 0 Å². The van der Waals surface area contributed by atoms with Crippen molar-refractivity contribution in [2.75, 3.05) is 20.2 Å². The number of likely N-dealkylation sites (tertiary alicyclic amines) is 1. The molecule has 2 aliphatic rings. The molecule has 2 unspecified atom stereocenters. The first-order valence-corrected chi connectivity index (χ1v) is 8.15. The van der Waals surface area contributed by atoms with Crippen molar-refractivity contribution in [2.45, 2.75) is 31.6 Å². The van der Waals surface area contributed by atoms with Crippen molar-refractivity contribution in [1.82, 2.24) is 4.90 Å². The number of nitrogens with zero attached hydrogens (tertiary/aromatic N) is 1. The van der Waals surface area contributed by atoms with Gasteiger partial charge < -0.3 is 14.7 Å². The Kier molecular flexibility index (Phi) is 4.04. The molecule has 1 saturated carbocycles. The third-order valence-corrected chi connectivity index (χ3v) is 5.29. The Hall–Kier alpha value is -2.04. The summed E-state index contributed by atoms with van der Waals surface area (Å²) >= 11 is 0. The average Bonchev–Trinajstić information content (AvgIpc) is 3.35. The van der Waals surface area contributed by atoms with E-state index >= 15 is 0 Å². The fourth-order valence-electron chi connectivity index (χ4n) is 3.76. The molecule has 2 atom stereocenters. The second-order valence-corrected chi connectivity index (χ2v) is 6.74. The first kappa shape index (κ1) is 15.8. The molecule has 0 bridgehead atoms. The summed E-state index contributed by atoms with van der Waals surface area (Å²) in [6.45, 7) is 2.96. The highest BCUT2D eigenvalue weighted by atomic mass is 16.5. The maximum absolute atomic E-state index is 13.1. The SMILES string of the molecule is COc1ccccc1C1(C(=O)N2CCC(C(=O)O)C(C)C2)CC1. The van der Waals surface area contributed by atoms with Gasteiger partial charge in [-0.1, -0.05) is 25.1 Å². The van der Waals surface area contributed by atoms with Crippen molar-refractivity contribution in [3.8, 4) is 5.75 Å². The lowest BCUT2D eigenvalue weighted by molar-refractivity contribution is -0.149. The third-order valence-electron chi connectivity index (χ3n) is 5.29. The smallest absolute Gasteiger partial charge is 0.306 e. The average molecular weight is 317 g/mol. The van der Waals surface area contributed by atoms with Gasteiger partial charge in [-0.15, -0.1) is 0 Å². The molecule has 0 spiro atoms. The van der Waals surface area contributed by atoms with Gasteiger partial charge in [-0.3, -0.25) is 9.59 Å². The molecule has 5 heteroatoms. The van der Waals surface area contributed by atoms with Crippen LogP contribution < -0.4 is 4.74 Å². The van der Waals surface area contributed by atoms with Gasteiger partial charge in [0.1, 0.15) is 5.75 Å². The molecule has 5 nitrogen and oxygen atoms in total. The second-order valence-electron chi connectivity index (χ2n) is 6.74. The summed E-state index contributed by atoms with van der Waals surface area (Å²) < 4.78 is 5.43. The summed E-state index contributed by atoms with van der Waals surface area (Å²) in [7, 11) is 1.62. The third kappa shape index (κ3) is 2.69. The van der Waals surface area contributed by atoms with E-state index in [2.05, 4.69) is 0 Å². The predicted octanol–water partition coefficient (Wildman–Crippen LogP) is 2.30. The van der Waals surface area contributed by atoms with E-state index in [0.29, 0.717) is 19.5 Å². The zero-order chi connectivity index (χ0) is 16.6. The number of benzene rings is 1. The fourth-order valence-corrected chi connectivity index (χ4v) is 3.76. The standard InChI is InChI=1S/C18H23NO4/c1-12-11-19(10-7-13(12)16(20)21)17(22)18(8-9-18)14-5-3-4-6-15(14)23-2/h3-6,12-13H,7-11H2,1-2H3,(H,20,21). The van der Waals surface area contributed by atoms with Crippen LogP contribution in [0.15, 0.2) is 24.3 Å². The number of methoxy groups -OCH3 is 1. The Morgan fingerprint density at radius 3 is 2.57 bits per heavy atom. The van der Waals surface area contributed by atoms with Crippen LogP contribution in [0.2, 0.25) is 0 Å².